The summed E-state index contributed by atoms with van der Waals surface area (Å²) in [6.45, 7) is 12.0. The van der Waals surface area contributed by atoms with Crippen molar-refractivity contribution >= 4 is 11.4 Å². The van der Waals surface area contributed by atoms with Gasteiger partial charge in [0.2, 0.25) is 0 Å². The maximum atomic E-state index is 8.88. The second kappa shape index (κ2) is 8.70. The van der Waals surface area contributed by atoms with E-state index < -0.39 is 0 Å². The molecule has 2 aromatic carbocycles. The van der Waals surface area contributed by atoms with Crippen LogP contribution in [0.3, 0.4) is 0 Å². The number of aryl methyl sites for hydroxylation is 1. The SMILES string of the molecule is [C-]#[N+]c1ccc(COc2c(C)ncc(CNc3ccc(C#N)cc3)c2C)cc1. The number of rotatable bonds is 6. The molecule has 1 aromatic heterocycles. The van der Waals surface area contributed by atoms with Gasteiger partial charge in [-0.25, -0.2) is 4.85 Å². The van der Waals surface area contributed by atoms with Crippen LogP contribution >= 0.6 is 0 Å². The number of aromatic nitrogens is 1. The van der Waals surface area contributed by atoms with Crippen LogP contribution in [0.2, 0.25) is 0 Å². The third kappa shape index (κ3) is 4.47. The molecule has 0 fully saturated rings. The van der Waals surface area contributed by atoms with E-state index in [-0.39, 0.29) is 0 Å². The van der Waals surface area contributed by atoms with Crippen LogP contribution in [-0.4, -0.2) is 4.98 Å². The molecule has 0 unspecified atom stereocenters. The number of anilines is 1. The molecule has 0 aliphatic heterocycles. The Morgan fingerprint density at radius 2 is 1.82 bits per heavy atom. The number of pyridine rings is 1. The molecule has 3 aromatic rings. The monoisotopic (exact) mass is 368 g/mol. The number of nitrogens with one attached hydrogen (secondary N) is 1. The van der Waals surface area contributed by atoms with Gasteiger partial charge in [0.15, 0.2) is 5.69 Å². The van der Waals surface area contributed by atoms with E-state index in [0.29, 0.717) is 24.4 Å². The molecule has 3 rings (SSSR count). The summed E-state index contributed by atoms with van der Waals surface area (Å²) in [5, 5.41) is 12.2. The van der Waals surface area contributed by atoms with Crippen molar-refractivity contribution in [2.75, 3.05) is 5.32 Å². The second-order valence-electron chi connectivity index (χ2n) is 6.43. The summed E-state index contributed by atoms with van der Waals surface area (Å²) in [5.41, 5.74) is 6.15. The van der Waals surface area contributed by atoms with Crippen LogP contribution < -0.4 is 10.1 Å². The molecule has 0 amide bonds. The molecule has 28 heavy (non-hydrogen) atoms. The largest absolute Gasteiger partial charge is 0.487 e. The van der Waals surface area contributed by atoms with E-state index in [1.165, 1.54) is 0 Å². The standard InChI is InChI=1S/C23H20N4O/c1-16-20(14-27-22-10-4-18(12-24)5-11-22)13-26-17(2)23(16)28-15-19-6-8-21(25-3)9-7-19/h4-11,13,27H,14-15H2,1-2H3. The predicted molar refractivity (Wildman–Crippen MR) is 109 cm³/mol. The van der Waals surface area contributed by atoms with Crippen molar-refractivity contribution in [3.63, 3.8) is 0 Å². The Balaban J connectivity index is 1.69. The molecule has 1 N–H and O–H groups in total. The van der Waals surface area contributed by atoms with E-state index >= 15 is 0 Å². The molecule has 0 aliphatic rings. The Morgan fingerprint density at radius 1 is 1.11 bits per heavy atom. The molecule has 0 saturated heterocycles. The highest BCUT2D eigenvalue weighted by Crippen LogP contribution is 2.26. The van der Waals surface area contributed by atoms with Gasteiger partial charge >= 0.3 is 0 Å². The van der Waals surface area contributed by atoms with E-state index in [0.717, 1.165) is 33.8 Å². The van der Waals surface area contributed by atoms with E-state index in [9.17, 15) is 0 Å². The first kappa shape index (κ1) is 18.9. The Hall–Kier alpha value is -3.83. The van der Waals surface area contributed by atoms with Gasteiger partial charge in [0.25, 0.3) is 0 Å². The first-order valence-electron chi connectivity index (χ1n) is 8.89. The topological polar surface area (TPSA) is 62.3 Å². The quantitative estimate of drug-likeness (QED) is 0.599. The lowest BCUT2D eigenvalue weighted by Crippen LogP contribution is -2.06. The van der Waals surface area contributed by atoms with Gasteiger partial charge in [-0.15, -0.1) is 0 Å². The lowest BCUT2D eigenvalue weighted by molar-refractivity contribution is 0.300. The van der Waals surface area contributed by atoms with E-state index in [1.54, 1.807) is 24.3 Å². The van der Waals surface area contributed by atoms with Gasteiger partial charge < -0.3 is 10.1 Å². The van der Waals surface area contributed by atoms with Gasteiger partial charge in [-0.05, 0) is 54.8 Å². The number of nitrogens with zero attached hydrogens (tertiary/aromatic N) is 3. The highest BCUT2D eigenvalue weighted by atomic mass is 16.5. The van der Waals surface area contributed by atoms with Gasteiger partial charge in [0.05, 0.1) is 23.9 Å². The van der Waals surface area contributed by atoms with Gasteiger partial charge in [-0.1, -0.05) is 24.3 Å². The molecule has 5 heteroatoms. The number of benzene rings is 2. The van der Waals surface area contributed by atoms with Gasteiger partial charge in [0.1, 0.15) is 12.4 Å². The smallest absolute Gasteiger partial charge is 0.187 e. The average Bonchev–Trinajstić information content (AvgIpc) is 2.74. The fraction of sp³-hybridized carbons (Fsp3) is 0.174. The minimum Gasteiger partial charge on any atom is -0.487 e. The molecule has 0 spiro atoms. The van der Waals surface area contributed by atoms with Crippen LogP contribution in [0.1, 0.15) is 27.9 Å². The molecular weight excluding hydrogens is 348 g/mol. The normalized spacial score (nSPS) is 10.0. The number of ether oxygens (including phenoxy) is 1. The zero-order valence-electron chi connectivity index (χ0n) is 15.9. The van der Waals surface area contributed by atoms with Crippen molar-refractivity contribution in [3.05, 3.63) is 94.1 Å². The third-order valence-electron chi connectivity index (χ3n) is 4.51. The zero-order valence-corrected chi connectivity index (χ0v) is 15.9. The first-order chi connectivity index (χ1) is 13.6. The fourth-order valence-electron chi connectivity index (χ4n) is 2.82. The molecule has 0 saturated carbocycles. The Labute approximate surface area is 165 Å². The summed E-state index contributed by atoms with van der Waals surface area (Å²) >= 11 is 0. The van der Waals surface area contributed by atoms with Crippen molar-refractivity contribution in [2.45, 2.75) is 27.0 Å². The molecule has 0 radical (unpaired) electrons. The number of hydrogen-bond acceptors (Lipinski definition) is 4. The lowest BCUT2D eigenvalue weighted by Gasteiger charge is -2.16. The molecular formula is C23H20N4O. The molecule has 0 atom stereocenters. The summed E-state index contributed by atoms with van der Waals surface area (Å²) in [6.07, 6.45) is 1.86. The molecule has 0 aliphatic carbocycles. The van der Waals surface area contributed by atoms with Crippen molar-refractivity contribution in [1.29, 1.82) is 5.26 Å². The Morgan fingerprint density at radius 3 is 2.46 bits per heavy atom. The van der Waals surface area contributed by atoms with Crippen molar-refractivity contribution in [2.24, 2.45) is 0 Å². The van der Waals surface area contributed by atoms with Gasteiger partial charge in [0, 0.05) is 18.4 Å². The molecule has 138 valence electrons. The van der Waals surface area contributed by atoms with E-state index in [2.05, 4.69) is 21.2 Å². The van der Waals surface area contributed by atoms with Crippen LogP contribution in [0.15, 0.2) is 54.7 Å². The molecule has 0 bridgehead atoms. The Bertz CT molecular complexity index is 1040. The number of hydrogen-bond donors (Lipinski definition) is 1. The lowest BCUT2D eigenvalue weighted by atomic mass is 10.1. The van der Waals surface area contributed by atoms with Crippen molar-refractivity contribution in [3.8, 4) is 11.8 Å². The minimum absolute atomic E-state index is 0.425. The van der Waals surface area contributed by atoms with Crippen molar-refractivity contribution in [1.82, 2.24) is 4.98 Å². The molecule has 1 heterocycles. The first-order valence-corrected chi connectivity index (χ1v) is 8.89. The highest BCUT2D eigenvalue weighted by Gasteiger charge is 2.11. The maximum Gasteiger partial charge on any atom is 0.187 e. The summed E-state index contributed by atoms with van der Waals surface area (Å²) in [4.78, 5) is 7.87. The molecule has 5 nitrogen and oxygen atoms in total. The average molecular weight is 368 g/mol. The fourth-order valence-corrected chi connectivity index (χ4v) is 2.82. The van der Waals surface area contributed by atoms with Crippen LogP contribution in [0, 0.1) is 31.8 Å². The van der Waals surface area contributed by atoms with Crippen LogP contribution in [0.25, 0.3) is 4.85 Å². The number of nitriles is 1. The van der Waals surface area contributed by atoms with Gasteiger partial charge in [-0.3, -0.25) is 4.98 Å². The summed E-state index contributed by atoms with van der Waals surface area (Å²) in [5.74, 6) is 0.786. The zero-order chi connectivity index (χ0) is 19.9. The summed E-state index contributed by atoms with van der Waals surface area (Å²) in [6, 6.07) is 16.9. The van der Waals surface area contributed by atoms with Crippen LogP contribution in [-0.2, 0) is 13.2 Å². The Kier molecular flexibility index (Phi) is 5.89. The van der Waals surface area contributed by atoms with Crippen LogP contribution in [0.5, 0.6) is 5.75 Å². The van der Waals surface area contributed by atoms with E-state index in [4.69, 9.17) is 16.6 Å². The second-order valence-corrected chi connectivity index (χ2v) is 6.43. The van der Waals surface area contributed by atoms with Crippen LogP contribution in [0.4, 0.5) is 11.4 Å². The highest BCUT2D eigenvalue weighted by molar-refractivity contribution is 5.49. The van der Waals surface area contributed by atoms with Gasteiger partial charge in [-0.2, -0.15) is 5.26 Å². The van der Waals surface area contributed by atoms with Crippen molar-refractivity contribution < 1.29 is 4.74 Å². The van der Waals surface area contributed by atoms with E-state index in [1.807, 2.05) is 44.3 Å². The minimum atomic E-state index is 0.425. The summed E-state index contributed by atoms with van der Waals surface area (Å²) < 4.78 is 6.05. The third-order valence-corrected chi connectivity index (χ3v) is 4.51. The predicted octanol–water partition coefficient (Wildman–Crippen LogP) is 5.31. The summed E-state index contributed by atoms with van der Waals surface area (Å²) in [7, 11) is 0. The maximum absolute atomic E-state index is 8.88.